The maximum Gasteiger partial charge on any atom is 0.373 e. The predicted octanol–water partition coefficient (Wildman–Crippen LogP) is 4.69. The van der Waals surface area contributed by atoms with Crippen molar-refractivity contribution in [2.75, 3.05) is 5.01 Å². The summed E-state index contributed by atoms with van der Waals surface area (Å²) in [6, 6.07) is 15.8. The standard InChI is InChI=1S/C23H19N3O4.CO2/c1-14-11-20(21(26(28)29)12-15(14)2)22-10-9-18(30-22)13-19-16(3)24-25(23(19)27)17-7-5-4-6-8-17;2-1-3/h4-13H,1-3H3;. The Bertz CT molecular complexity index is 1320. The number of aryl methyl sites for hydroxylation is 2. The third-order valence-electron chi connectivity index (χ3n) is 5.05. The third-order valence-corrected chi connectivity index (χ3v) is 5.05. The van der Waals surface area contributed by atoms with Gasteiger partial charge in [-0.3, -0.25) is 14.9 Å². The number of anilines is 1. The molecule has 1 aliphatic heterocycles. The Labute approximate surface area is 188 Å². The maximum atomic E-state index is 12.8. The van der Waals surface area contributed by atoms with Crippen molar-refractivity contribution in [3.8, 4) is 11.3 Å². The van der Waals surface area contributed by atoms with Gasteiger partial charge in [0.1, 0.15) is 11.5 Å². The number of furan rings is 1. The molecule has 0 saturated carbocycles. The predicted molar refractivity (Wildman–Crippen MR) is 120 cm³/mol. The molecule has 9 nitrogen and oxygen atoms in total. The van der Waals surface area contributed by atoms with Crippen molar-refractivity contribution < 1.29 is 23.7 Å². The number of hydrazone groups is 1. The van der Waals surface area contributed by atoms with E-state index >= 15 is 0 Å². The van der Waals surface area contributed by atoms with E-state index in [0.29, 0.717) is 34.1 Å². The number of hydrogen-bond acceptors (Lipinski definition) is 7. The summed E-state index contributed by atoms with van der Waals surface area (Å²) in [6.07, 6.45) is 1.86. The van der Waals surface area contributed by atoms with Crippen LogP contribution in [-0.4, -0.2) is 22.7 Å². The van der Waals surface area contributed by atoms with Crippen LogP contribution in [0.1, 0.15) is 23.8 Å². The van der Waals surface area contributed by atoms with Crippen LogP contribution >= 0.6 is 0 Å². The van der Waals surface area contributed by atoms with Crippen LogP contribution in [0, 0.1) is 24.0 Å². The van der Waals surface area contributed by atoms with E-state index in [2.05, 4.69) is 5.10 Å². The van der Waals surface area contributed by atoms with Crippen molar-refractivity contribution in [1.82, 2.24) is 0 Å². The Balaban J connectivity index is 0.000000968. The highest BCUT2D eigenvalue weighted by Gasteiger charge is 2.29. The summed E-state index contributed by atoms with van der Waals surface area (Å²) in [5.41, 5.74) is 3.81. The molecule has 4 rings (SSSR count). The number of amides is 1. The highest BCUT2D eigenvalue weighted by Crippen LogP contribution is 2.34. The van der Waals surface area contributed by atoms with Crippen LogP contribution < -0.4 is 5.01 Å². The van der Waals surface area contributed by atoms with Crippen molar-refractivity contribution in [3.05, 3.63) is 87.2 Å². The van der Waals surface area contributed by atoms with Crippen LogP contribution in [0.4, 0.5) is 11.4 Å². The molecule has 1 aliphatic rings. The lowest BCUT2D eigenvalue weighted by Crippen LogP contribution is -2.21. The molecule has 0 saturated heterocycles. The molecule has 1 amide bonds. The highest BCUT2D eigenvalue weighted by atomic mass is 16.6. The molecule has 9 heteroatoms. The number of para-hydroxylation sites is 1. The number of hydrogen-bond donors (Lipinski definition) is 0. The fourth-order valence-corrected chi connectivity index (χ4v) is 3.30. The molecule has 0 bridgehead atoms. The SMILES string of the molecule is CC1=NN(c2ccccc2)C(=O)C1=Cc1ccc(-c2cc(C)c(C)cc2[N+](=O)[O-])o1.O=C=O. The molecule has 166 valence electrons. The summed E-state index contributed by atoms with van der Waals surface area (Å²) in [5.74, 6) is 0.538. The van der Waals surface area contributed by atoms with Gasteiger partial charge in [0.15, 0.2) is 0 Å². The molecule has 0 atom stereocenters. The monoisotopic (exact) mass is 445 g/mol. The minimum absolute atomic E-state index is 0.0170. The van der Waals surface area contributed by atoms with Crippen molar-refractivity contribution in [2.45, 2.75) is 20.8 Å². The number of carbonyl (C=O) groups is 1. The number of rotatable bonds is 4. The van der Waals surface area contributed by atoms with Crippen molar-refractivity contribution >= 4 is 35.2 Å². The van der Waals surface area contributed by atoms with Gasteiger partial charge in [-0.2, -0.15) is 19.7 Å². The minimum atomic E-state index is -0.419. The first-order valence-corrected chi connectivity index (χ1v) is 9.78. The van der Waals surface area contributed by atoms with Gasteiger partial charge in [-0.15, -0.1) is 0 Å². The van der Waals surface area contributed by atoms with Crippen molar-refractivity contribution in [3.63, 3.8) is 0 Å². The lowest BCUT2D eigenvalue weighted by atomic mass is 10.0. The molecule has 0 radical (unpaired) electrons. The van der Waals surface area contributed by atoms with E-state index in [1.807, 2.05) is 44.2 Å². The van der Waals surface area contributed by atoms with Gasteiger partial charge in [-0.25, -0.2) is 0 Å². The number of nitrogens with zero attached hydrogens (tertiary/aromatic N) is 3. The number of benzene rings is 2. The van der Waals surface area contributed by atoms with E-state index in [1.54, 1.807) is 37.3 Å². The summed E-state index contributed by atoms with van der Waals surface area (Å²) < 4.78 is 5.85. The van der Waals surface area contributed by atoms with Gasteiger partial charge in [-0.05, 0) is 68.3 Å². The summed E-state index contributed by atoms with van der Waals surface area (Å²) in [5, 5.41) is 17.2. The quantitative estimate of drug-likeness (QED) is 0.326. The van der Waals surface area contributed by atoms with E-state index in [4.69, 9.17) is 14.0 Å². The fourth-order valence-electron chi connectivity index (χ4n) is 3.30. The van der Waals surface area contributed by atoms with Gasteiger partial charge in [0.25, 0.3) is 11.6 Å². The summed E-state index contributed by atoms with van der Waals surface area (Å²) in [6.45, 7) is 5.48. The number of nitro groups is 1. The largest absolute Gasteiger partial charge is 0.456 e. The van der Waals surface area contributed by atoms with E-state index in [0.717, 1.165) is 11.1 Å². The molecule has 0 N–H and O–H groups in total. The molecule has 33 heavy (non-hydrogen) atoms. The topological polar surface area (TPSA) is 123 Å². The molecular formula is C24H19N3O6. The van der Waals surface area contributed by atoms with Gasteiger partial charge in [0.2, 0.25) is 0 Å². The molecule has 0 unspecified atom stereocenters. The lowest BCUT2D eigenvalue weighted by Gasteiger charge is -2.10. The Hall–Kier alpha value is -4.62. The number of carbonyl (C=O) groups excluding carboxylic acids is 3. The van der Waals surface area contributed by atoms with Crippen LogP contribution in [0.5, 0.6) is 0 Å². The normalized spacial score (nSPS) is 13.9. The average Bonchev–Trinajstić information content (AvgIpc) is 3.36. The van der Waals surface area contributed by atoms with Crippen LogP contribution in [0.3, 0.4) is 0 Å². The second-order valence-corrected chi connectivity index (χ2v) is 7.19. The Morgan fingerprint density at radius 3 is 2.30 bits per heavy atom. The van der Waals surface area contributed by atoms with Crippen LogP contribution in [0.15, 0.2) is 69.7 Å². The van der Waals surface area contributed by atoms with Gasteiger partial charge < -0.3 is 4.42 Å². The summed E-state index contributed by atoms with van der Waals surface area (Å²) in [4.78, 5) is 40.2. The Morgan fingerprint density at radius 2 is 1.67 bits per heavy atom. The molecule has 0 spiro atoms. The average molecular weight is 445 g/mol. The zero-order valence-electron chi connectivity index (χ0n) is 18.1. The van der Waals surface area contributed by atoms with E-state index < -0.39 is 4.92 Å². The second-order valence-electron chi connectivity index (χ2n) is 7.19. The van der Waals surface area contributed by atoms with Crippen LogP contribution in [0.25, 0.3) is 17.4 Å². The van der Waals surface area contributed by atoms with Crippen LogP contribution in [0.2, 0.25) is 0 Å². The zero-order chi connectivity index (χ0) is 24.1. The van der Waals surface area contributed by atoms with E-state index in [-0.39, 0.29) is 17.7 Å². The first-order valence-electron chi connectivity index (χ1n) is 9.78. The van der Waals surface area contributed by atoms with Gasteiger partial charge in [0.05, 0.1) is 27.5 Å². The van der Waals surface area contributed by atoms with E-state index in [1.165, 1.54) is 5.01 Å². The Morgan fingerprint density at radius 1 is 1.03 bits per heavy atom. The molecule has 2 heterocycles. The molecule has 2 aromatic carbocycles. The third kappa shape index (κ3) is 4.84. The molecule has 0 aliphatic carbocycles. The number of nitro benzene ring substituents is 1. The first kappa shape index (κ1) is 23.1. The minimum Gasteiger partial charge on any atom is -0.456 e. The van der Waals surface area contributed by atoms with Gasteiger partial charge >= 0.3 is 6.15 Å². The van der Waals surface area contributed by atoms with Gasteiger partial charge in [0, 0.05) is 6.07 Å². The van der Waals surface area contributed by atoms with Crippen LogP contribution in [-0.2, 0) is 14.4 Å². The van der Waals surface area contributed by atoms with Crippen molar-refractivity contribution in [1.29, 1.82) is 0 Å². The lowest BCUT2D eigenvalue weighted by molar-refractivity contribution is -0.384. The maximum absolute atomic E-state index is 12.8. The van der Waals surface area contributed by atoms with E-state index in [9.17, 15) is 14.9 Å². The first-order chi connectivity index (χ1) is 15.8. The second kappa shape index (κ2) is 9.67. The molecule has 3 aromatic rings. The highest BCUT2D eigenvalue weighted by molar-refractivity contribution is 6.32. The summed E-state index contributed by atoms with van der Waals surface area (Å²) in [7, 11) is 0. The molecule has 1 aromatic heterocycles. The van der Waals surface area contributed by atoms with Gasteiger partial charge in [-0.1, -0.05) is 18.2 Å². The molecule has 0 fully saturated rings. The smallest absolute Gasteiger partial charge is 0.373 e. The summed E-state index contributed by atoms with van der Waals surface area (Å²) >= 11 is 0. The van der Waals surface area contributed by atoms with Crippen molar-refractivity contribution in [2.24, 2.45) is 5.10 Å². The fraction of sp³-hybridized carbons (Fsp3) is 0.125. The zero-order valence-corrected chi connectivity index (χ0v) is 18.1. The Kier molecular flexibility index (Phi) is 6.76. The molecular weight excluding hydrogens is 426 g/mol.